The molecule has 1 aliphatic carbocycles. The van der Waals surface area contributed by atoms with Crippen molar-refractivity contribution in [3.63, 3.8) is 0 Å². The molecule has 0 amide bonds. The highest BCUT2D eigenvalue weighted by atomic mass is 14.9. The summed E-state index contributed by atoms with van der Waals surface area (Å²) in [5.74, 6) is 0.994. The number of hydrogen-bond donors (Lipinski definition) is 1. The first-order valence-electron chi connectivity index (χ1n) is 6.30. The van der Waals surface area contributed by atoms with Gasteiger partial charge in [-0.25, -0.2) is 0 Å². The maximum Gasteiger partial charge on any atom is 0.0167 e. The molecule has 0 bridgehead atoms. The van der Waals surface area contributed by atoms with Crippen LogP contribution in [0, 0.1) is 5.92 Å². The second-order valence-electron chi connectivity index (χ2n) is 4.86. The van der Waals surface area contributed by atoms with Gasteiger partial charge < -0.3 is 5.32 Å². The molecule has 1 saturated heterocycles. The first-order chi connectivity index (χ1) is 6.90. The van der Waals surface area contributed by atoms with Crippen molar-refractivity contribution in [2.75, 3.05) is 13.1 Å². The van der Waals surface area contributed by atoms with Crippen molar-refractivity contribution in [1.82, 2.24) is 5.32 Å². The molecule has 0 radical (unpaired) electrons. The second-order valence-corrected chi connectivity index (χ2v) is 4.86. The van der Waals surface area contributed by atoms with Gasteiger partial charge in [0.1, 0.15) is 0 Å². The van der Waals surface area contributed by atoms with E-state index in [1.165, 1.54) is 58.0 Å². The van der Waals surface area contributed by atoms with E-state index in [4.69, 9.17) is 0 Å². The molecule has 0 spiro atoms. The van der Waals surface area contributed by atoms with Crippen LogP contribution in [-0.4, -0.2) is 13.1 Å². The predicted octanol–water partition coefficient (Wildman–Crippen LogP) is 3.27. The monoisotopic (exact) mass is 193 g/mol. The van der Waals surface area contributed by atoms with Crippen LogP contribution >= 0.6 is 0 Å². The van der Waals surface area contributed by atoms with E-state index in [-0.39, 0.29) is 0 Å². The van der Waals surface area contributed by atoms with E-state index < -0.39 is 0 Å². The highest BCUT2D eigenvalue weighted by molar-refractivity contribution is 5.19. The fourth-order valence-electron chi connectivity index (χ4n) is 2.88. The Bertz CT molecular complexity index is 209. The minimum absolute atomic E-state index is 0.994. The summed E-state index contributed by atoms with van der Waals surface area (Å²) in [5.41, 5.74) is 3.57. The maximum atomic E-state index is 3.51. The lowest BCUT2D eigenvalue weighted by Crippen LogP contribution is -2.25. The SMILES string of the molecule is CCC1CCCC(=C2CCCNC2)C1. The third-order valence-corrected chi connectivity index (χ3v) is 3.87. The predicted molar refractivity (Wildman–Crippen MR) is 61.4 cm³/mol. The van der Waals surface area contributed by atoms with Gasteiger partial charge in [0, 0.05) is 6.54 Å². The van der Waals surface area contributed by atoms with Crippen molar-refractivity contribution in [2.24, 2.45) is 5.92 Å². The molecule has 1 nitrogen and oxygen atoms in total. The Labute approximate surface area is 88.0 Å². The maximum absolute atomic E-state index is 3.51. The minimum Gasteiger partial charge on any atom is -0.313 e. The van der Waals surface area contributed by atoms with Crippen LogP contribution in [-0.2, 0) is 0 Å². The van der Waals surface area contributed by atoms with Crippen LogP contribution in [0.5, 0.6) is 0 Å². The standard InChI is InChI=1S/C13H23N/c1-2-11-5-3-6-12(9-11)13-7-4-8-14-10-13/h11,14H,2-10H2,1H3. The van der Waals surface area contributed by atoms with Crippen LogP contribution in [0.1, 0.15) is 51.9 Å². The van der Waals surface area contributed by atoms with E-state index in [9.17, 15) is 0 Å². The van der Waals surface area contributed by atoms with Gasteiger partial charge in [0.25, 0.3) is 0 Å². The lowest BCUT2D eigenvalue weighted by molar-refractivity contribution is 0.400. The van der Waals surface area contributed by atoms with Gasteiger partial charge in [0.15, 0.2) is 0 Å². The lowest BCUT2D eigenvalue weighted by Gasteiger charge is -2.27. The van der Waals surface area contributed by atoms with E-state index in [1.54, 1.807) is 5.57 Å². The first kappa shape index (κ1) is 10.2. The number of piperidine rings is 1. The van der Waals surface area contributed by atoms with Crippen molar-refractivity contribution in [3.05, 3.63) is 11.1 Å². The summed E-state index contributed by atoms with van der Waals surface area (Å²) in [4.78, 5) is 0. The molecule has 1 unspecified atom stereocenters. The molecule has 14 heavy (non-hydrogen) atoms. The van der Waals surface area contributed by atoms with Crippen LogP contribution in [0.2, 0.25) is 0 Å². The van der Waals surface area contributed by atoms with E-state index in [2.05, 4.69) is 12.2 Å². The molecule has 2 aliphatic rings. The van der Waals surface area contributed by atoms with Crippen LogP contribution in [0.15, 0.2) is 11.1 Å². The van der Waals surface area contributed by atoms with Gasteiger partial charge in [-0.3, -0.25) is 0 Å². The van der Waals surface area contributed by atoms with Gasteiger partial charge in [-0.1, -0.05) is 24.5 Å². The average Bonchev–Trinajstić information content (AvgIpc) is 2.30. The molecule has 80 valence electrons. The fourth-order valence-corrected chi connectivity index (χ4v) is 2.88. The van der Waals surface area contributed by atoms with E-state index in [1.807, 2.05) is 5.57 Å². The zero-order chi connectivity index (χ0) is 9.80. The lowest BCUT2D eigenvalue weighted by atomic mass is 9.81. The third kappa shape index (κ3) is 2.38. The topological polar surface area (TPSA) is 12.0 Å². The van der Waals surface area contributed by atoms with Crippen molar-refractivity contribution >= 4 is 0 Å². The van der Waals surface area contributed by atoms with Crippen molar-refractivity contribution in [3.8, 4) is 0 Å². The van der Waals surface area contributed by atoms with Gasteiger partial charge in [0.05, 0.1) is 0 Å². The Hall–Kier alpha value is -0.300. The van der Waals surface area contributed by atoms with Crippen LogP contribution < -0.4 is 5.32 Å². The van der Waals surface area contributed by atoms with Crippen LogP contribution in [0.4, 0.5) is 0 Å². The van der Waals surface area contributed by atoms with E-state index >= 15 is 0 Å². The molecule has 0 aromatic heterocycles. The zero-order valence-corrected chi connectivity index (χ0v) is 9.44. The average molecular weight is 193 g/mol. The summed E-state index contributed by atoms with van der Waals surface area (Å²) in [6.45, 7) is 4.76. The zero-order valence-electron chi connectivity index (χ0n) is 9.44. The smallest absolute Gasteiger partial charge is 0.0167 e. The molecule has 0 aromatic rings. The Kier molecular flexibility index (Phi) is 3.63. The fraction of sp³-hybridized carbons (Fsp3) is 0.846. The molecule has 1 heterocycles. The molecule has 0 aromatic carbocycles. The largest absolute Gasteiger partial charge is 0.313 e. The third-order valence-electron chi connectivity index (χ3n) is 3.87. The van der Waals surface area contributed by atoms with E-state index in [0.29, 0.717) is 0 Å². The molecular formula is C13H23N. The minimum atomic E-state index is 0.994. The summed E-state index contributed by atoms with van der Waals surface area (Å²) in [5, 5.41) is 3.51. The molecule has 1 saturated carbocycles. The number of hydrogen-bond acceptors (Lipinski definition) is 1. The van der Waals surface area contributed by atoms with Gasteiger partial charge in [-0.2, -0.15) is 0 Å². The quantitative estimate of drug-likeness (QED) is 0.630. The van der Waals surface area contributed by atoms with Crippen LogP contribution in [0.25, 0.3) is 0 Å². The molecule has 1 atom stereocenters. The summed E-state index contributed by atoms with van der Waals surface area (Å²) in [6, 6.07) is 0. The molecule has 1 aliphatic heterocycles. The molecule has 2 rings (SSSR count). The highest BCUT2D eigenvalue weighted by Gasteiger charge is 2.19. The summed E-state index contributed by atoms with van der Waals surface area (Å²) >= 11 is 0. The number of nitrogens with one attached hydrogen (secondary N) is 1. The normalized spacial score (nSPS) is 34.5. The Morgan fingerprint density at radius 1 is 1.21 bits per heavy atom. The van der Waals surface area contributed by atoms with E-state index in [0.717, 1.165) is 5.92 Å². The van der Waals surface area contributed by atoms with Crippen LogP contribution in [0.3, 0.4) is 0 Å². The Morgan fingerprint density at radius 3 is 2.79 bits per heavy atom. The molecule has 1 N–H and O–H groups in total. The van der Waals surface area contributed by atoms with Crippen molar-refractivity contribution < 1.29 is 0 Å². The Morgan fingerprint density at radius 2 is 2.07 bits per heavy atom. The highest BCUT2D eigenvalue weighted by Crippen LogP contribution is 2.33. The molecule has 2 fully saturated rings. The van der Waals surface area contributed by atoms with Crippen molar-refractivity contribution in [2.45, 2.75) is 51.9 Å². The van der Waals surface area contributed by atoms with Gasteiger partial charge >= 0.3 is 0 Å². The van der Waals surface area contributed by atoms with Crippen molar-refractivity contribution in [1.29, 1.82) is 0 Å². The summed E-state index contributed by atoms with van der Waals surface area (Å²) in [7, 11) is 0. The number of rotatable bonds is 1. The summed E-state index contributed by atoms with van der Waals surface area (Å²) < 4.78 is 0. The second kappa shape index (κ2) is 4.97. The van der Waals surface area contributed by atoms with Gasteiger partial charge in [0.2, 0.25) is 0 Å². The molecule has 1 heteroatoms. The van der Waals surface area contributed by atoms with Gasteiger partial charge in [-0.05, 0) is 51.0 Å². The number of allylic oxidation sites excluding steroid dienone is 1. The molecular weight excluding hydrogens is 170 g/mol. The summed E-state index contributed by atoms with van der Waals surface area (Å²) in [6.07, 6.45) is 9.83. The van der Waals surface area contributed by atoms with Gasteiger partial charge in [-0.15, -0.1) is 0 Å². The first-order valence-corrected chi connectivity index (χ1v) is 6.30. The Balaban J connectivity index is 2.00.